The van der Waals surface area contributed by atoms with Crippen LogP contribution < -0.4 is 10.6 Å². The highest BCUT2D eigenvalue weighted by atomic mass is 35.5. The molecule has 0 spiro atoms. The maximum Gasteiger partial charge on any atom is 0.274 e. The Balaban J connectivity index is 1.95. The fraction of sp³-hybridized carbons (Fsp3) is 0.350. The first kappa shape index (κ1) is 19.0. The molecule has 0 bridgehead atoms. The average Bonchev–Trinajstić information content (AvgIpc) is 3.21. The standard InChI is InChI=1S/C20H21ClN4O2/c1-13-6-8-14(9-7-13)23-20(27)19-18(24-17(26)5-2-10-21)15(12-22)16-4-3-11-25(16)19/h6-9H,2-5,10-11H2,1H3,(H,23,27)(H,24,26). The van der Waals surface area contributed by atoms with Crippen molar-refractivity contribution in [1.82, 2.24) is 4.57 Å². The van der Waals surface area contributed by atoms with Gasteiger partial charge < -0.3 is 15.2 Å². The quantitative estimate of drug-likeness (QED) is 0.742. The Bertz CT molecular complexity index is 910. The molecule has 0 saturated heterocycles. The van der Waals surface area contributed by atoms with Crippen LogP contribution in [0.25, 0.3) is 0 Å². The topological polar surface area (TPSA) is 86.9 Å². The molecule has 3 rings (SSSR count). The van der Waals surface area contributed by atoms with Crippen LogP contribution in [-0.2, 0) is 17.8 Å². The van der Waals surface area contributed by atoms with Gasteiger partial charge in [-0.3, -0.25) is 9.59 Å². The first-order valence-electron chi connectivity index (χ1n) is 8.94. The van der Waals surface area contributed by atoms with E-state index < -0.39 is 0 Å². The number of hydrogen-bond donors (Lipinski definition) is 2. The number of carbonyl (C=O) groups is 2. The maximum absolute atomic E-state index is 13.0. The van der Waals surface area contributed by atoms with E-state index in [1.54, 1.807) is 0 Å². The Morgan fingerprint density at radius 3 is 2.67 bits per heavy atom. The van der Waals surface area contributed by atoms with E-state index in [1.165, 1.54) is 0 Å². The van der Waals surface area contributed by atoms with Gasteiger partial charge >= 0.3 is 0 Å². The van der Waals surface area contributed by atoms with Crippen LogP contribution in [0, 0.1) is 18.3 Å². The van der Waals surface area contributed by atoms with Crippen molar-refractivity contribution in [2.45, 2.75) is 39.2 Å². The van der Waals surface area contributed by atoms with E-state index in [-0.39, 0.29) is 18.2 Å². The van der Waals surface area contributed by atoms with E-state index in [0.717, 1.165) is 17.7 Å². The molecule has 2 heterocycles. The number of aromatic nitrogens is 1. The van der Waals surface area contributed by atoms with Gasteiger partial charge in [0.1, 0.15) is 11.8 Å². The number of nitrogens with zero attached hydrogens (tertiary/aromatic N) is 2. The van der Waals surface area contributed by atoms with Gasteiger partial charge in [-0.15, -0.1) is 11.6 Å². The molecular weight excluding hydrogens is 364 g/mol. The van der Waals surface area contributed by atoms with E-state index in [9.17, 15) is 14.9 Å². The third-order valence-electron chi connectivity index (χ3n) is 4.60. The molecule has 2 amide bonds. The Hall–Kier alpha value is -2.78. The molecule has 0 radical (unpaired) electrons. The summed E-state index contributed by atoms with van der Waals surface area (Å²) in [6, 6.07) is 9.63. The molecule has 6 nitrogen and oxygen atoms in total. The van der Waals surface area contributed by atoms with Crippen molar-refractivity contribution in [2.24, 2.45) is 0 Å². The third-order valence-corrected chi connectivity index (χ3v) is 4.87. The van der Waals surface area contributed by atoms with Crippen LogP contribution in [0.2, 0.25) is 0 Å². The van der Waals surface area contributed by atoms with Crippen LogP contribution >= 0.6 is 11.6 Å². The van der Waals surface area contributed by atoms with Crippen LogP contribution in [-0.4, -0.2) is 22.3 Å². The number of anilines is 2. The van der Waals surface area contributed by atoms with Crippen molar-refractivity contribution in [2.75, 3.05) is 16.5 Å². The summed E-state index contributed by atoms with van der Waals surface area (Å²) in [4.78, 5) is 25.2. The van der Waals surface area contributed by atoms with E-state index in [0.29, 0.717) is 47.9 Å². The van der Waals surface area contributed by atoms with Crippen molar-refractivity contribution in [3.8, 4) is 6.07 Å². The van der Waals surface area contributed by atoms with E-state index >= 15 is 0 Å². The number of fused-ring (bicyclic) bond motifs is 1. The molecule has 27 heavy (non-hydrogen) atoms. The van der Waals surface area contributed by atoms with E-state index in [1.807, 2.05) is 35.8 Å². The first-order valence-corrected chi connectivity index (χ1v) is 9.48. The normalized spacial score (nSPS) is 12.3. The van der Waals surface area contributed by atoms with Crippen LogP contribution in [0.4, 0.5) is 11.4 Å². The summed E-state index contributed by atoms with van der Waals surface area (Å²) in [6.45, 7) is 2.62. The lowest BCUT2D eigenvalue weighted by Gasteiger charge is -2.11. The summed E-state index contributed by atoms with van der Waals surface area (Å²) in [5.74, 6) is -0.206. The first-order chi connectivity index (χ1) is 13.0. The lowest BCUT2D eigenvalue weighted by molar-refractivity contribution is -0.116. The molecule has 1 aliphatic rings. The number of amides is 2. The Morgan fingerprint density at radius 1 is 1.26 bits per heavy atom. The summed E-state index contributed by atoms with van der Waals surface area (Å²) in [6.07, 6.45) is 2.36. The summed E-state index contributed by atoms with van der Waals surface area (Å²) in [5, 5.41) is 15.3. The molecular formula is C20H21ClN4O2. The van der Waals surface area contributed by atoms with Gasteiger partial charge in [-0.05, 0) is 38.3 Å². The number of carbonyl (C=O) groups excluding carboxylic acids is 2. The van der Waals surface area contributed by atoms with Crippen LogP contribution in [0.15, 0.2) is 24.3 Å². The molecule has 7 heteroatoms. The van der Waals surface area contributed by atoms with Gasteiger partial charge in [-0.2, -0.15) is 5.26 Å². The van der Waals surface area contributed by atoms with Crippen LogP contribution in [0.5, 0.6) is 0 Å². The average molecular weight is 385 g/mol. The zero-order valence-electron chi connectivity index (χ0n) is 15.1. The molecule has 0 fully saturated rings. The molecule has 140 valence electrons. The molecule has 2 aromatic rings. The minimum atomic E-state index is -0.337. The minimum Gasteiger partial charge on any atom is -0.337 e. The number of hydrogen-bond acceptors (Lipinski definition) is 3. The summed E-state index contributed by atoms with van der Waals surface area (Å²) in [5.41, 5.74) is 3.57. The van der Waals surface area contributed by atoms with Crippen molar-refractivity contribution in [3.05, 3.63) is 46.8 Å². The number of alkyl halides is 1. The maximum atomic E-state index is 13.0. The number of nitrogens with one attached hydrogen (secondary N) is 2. The molecule has 0 aliphatic carbocycles. The lowest BCUT2D eigenvalue weighted by Crippen LogP contribution is -2.20. The van der Waals surface area contributed by atoms with Gasteiger partial charge in [0.2, 0.25) is 5.91 Å². The smallest absolute Gasteiger partial charge is 0.274 e. The van der Waals surface area contributed by atoms with Gasteiger partial charge in [0.05, 0.1) is 11.3 Å². The second-order valence-electron chi connectivity index (χ2n) is 6.57. The van der Waals surface area contributed by atoms with Gasteiger partial charge in [-0.1, -0.05) is 17.7 Å². The Kier molecular flexibility index (Phi) is 5.82. The van der Waals surface area contributed by atoms with Gasteiger partial charge in [0.25, 0.3) is 5.91 Å². The van der Waals surface area contributed by atoms with Gasteiger partial charge in [0, 0.05) is 30.2 Å². The number of benzene rings is 1. The van der Waals surface area contributed by atoms with Gasteiger partial charge in [0.15, 0.2) is 0 Å². The number of rotatable bonds is 6. The largest absolute Gasteiger partial charge is 0.337 e. The summed E-state index contributed by atoms with van der Waals surface area (Å²) < 4.78 is 1.85. The molecule has 1 aliphatic heterocycles. The zero-order valence-corrected chi connectivity index (χ0v) is 15.9. The molecule has 0 unspecified atom stereocenters. The second-order valence-corrected chi connectivity index (χ2v) is 6.95. The Labute approximate surface area is 163 Å². The molecule has 1 aromatic carbocycles. The monoisotopic (exact) mass is 384 g/mol. The minimum absolute atomic E-state index is 0.244. The fourth-order valence-corrected chi connectivity index (χ4v) is 3.45. The van der Waals surface area contributed by atoms with E-state index in [2.05, 4.69) is 16.7 Å². The predicted molar refractivity (Wildman–Crippen MR) is 105 cm³/mol. The number of aryl methyl sites for hydroxylation is 1. The van der Waals surface area contributed by atoms with Crippen molar-refractivity contribution >= 4 is 34.8 Å². The SMILES string of the molecule is Cc1ccc(NC(=O)c2c(NC(=O)CCCCl)c(C#N)c3n2CCC3)cc1. The third kappa shape index (κ3) is 3.99. The second kappa shape index (κ2) is 8.28. The van der Waals surface area contributed by atoms with Crippen molar-refractivity contribution in [1.29, 1.82) is 5.26 Å². The zero-order chi connectivity index (χ0) is 19.4. The number of halogens is 1. The molecule has 0 saturated carbocycles. The lowest BCUT2D eigenvalue weighted by atomic mass is 10.1. The van der Waals surface area contributed by atoms with Crippen LogP contribution in [0.3, 0.4) is 0 Å². The molecule has 0 atom stereocenters. The fourth-order valence-electron chi connectivity index (χ4n) is 3.31. The Morgan fingerprint density at radius 2 is 2.00 bits per heavy atom. The highest BCUT2D eigenvalue weighted by Gasteiger charge is 2.30. The van der Waals surface area contributed by atoms with Crippen molar-refractivity contribution in [3.63, 3.8) is 0 Å². The number of nitriles is 1. The highest BCUT2D eigenvalue weighted by Crippen LogP contribution is 2.33. The van der Waals surface area contributed by atoms with E-state index in [4.69, 9.17) is 11.6 Å². The highest BCUT2D eigenvalue weighted by molar-refractivity contribution is 6.18. The summed E-state index contributed by atoms with van der Waals surface area (Å²) >= 11 is 5.65. The summed E-state index contributed by atoms with van der Waals surface area (Å²) in [7, 11) is 0. The predicted octanol–water partition coefficient (Wildman–Crippen LogP) is 3.82. The van der Waals surface area contributed by atoms with Gasteiger partial charge in [-0.25, -0.2) is 0 Å². The van der Waals surface area contributed by atoms with Crippen LogP contribution in [0.1, 0.15) is 46.6 Å². The van der Waals surface area contributed by atoms with Crippen molar-refractivity contribution < 1.29 is 9.59 Å². The molecule has 2 N–H and O–H groups in total. The molecule has 1 aromatic heterocycles.